The molecule has 6 nitrogen and oxygen atoms in total. The van der Waals surface area contributed by atoms with Crippen molar-refractivity contribution in [3.63, 3.8) is 0 Å². The van der Waals surface area contributed by atoms with Crippen molar-refractivity contribution in [2.24, 2.45) is 0 Å². The van der Waals surface area contributed by atoms with E-state index in [1.54, 1.807) is 0 Å². The van der Waals surface area contributed by atoms with E-state index in [2.05, 4.69) is 57.2 Å². The van der Waals surface area contributed by atoms with Crippen molar-refractivity contribution >= 4 is 11.7 Å². The first kappa shape index (κ1) is 21.3. The van der Waals surface area contributed by atoms with Gasteiger partial charge in [0.25, 0.3) is 0 Å². The van der Waals surface area contributed by atoms with Gasteiger partial charge in [0.05, 0.1) is 6.04 Å². The lowest BCUT2D eigenvalue weighted by molar-refractivity contribution is 0.0493. The molecule has 3 aliphatic rings. The highest BCUT2D eigenvalue weighted by Gasteiger charge is 2.45. The van der Waals surface area contributed by atoms with Gasteiger partial charge in [0.15, 0.2) is 0 Å². The Morgan fingerprint density at radius 3 is 2.25 bits per heavy atom. The molecule has 2 amide bonds. The van der Waals surface area contributed by atoms with Crippen LogP contribution in [0.5, 0.6) is 0 Å². The highest BCUT2D eigenvalue weighted by atomic mass is 16.5. The van der Waals surface area contributed by atoms with Crippen molar-refractivity contribution in [3.8, 4) is 0 Å². The fourth-order valence-corrected chi connectivity index (χ4v) is 5.52. The maximum Gasteiger partial charge on any atom is 0.321 e. The maximum atomic E-state index is 13.7. The third-order valence-electron chi connectivity index (χ3n) is 7.32. The first-order valence-electron chi connectivity index (χ1n) is 12.0. The van der Waals surface area contributed by atoms with Crippen molar-refractivity contribution in [2.75, 3.05) is 38.6 Å². The summed E-state index contributed by atoms with van der Waals surface area (Å²) in [5, 5.41) is 0. The number of amides is 2. The molecule has 2 aromatic carbocycles. The van der Waals surface area contributed by atoms with Gasteiger partial charge in [-0.1, -0.05) is 42.5 Å². The van der Waals surface area contributed by atoms with Crippen LogP contribution in [0.4, 0.5) is 10.5 Å². The topological polar surface area (TPSA) is 62.0 Å². The number of likely N-dealkylation sites (tertiary alicyclic amines) is 1. The van der Waals surface area contributed by atoms with Gasteiger partial charge in [-0.25, -0.2) is 4.79 Å². The van der Waals surface area contributed by atoms with Crippen LogP contribution in [0.15, 0.2) is 54.6 Å². The Morgan fingerprint density at radius 1 is 0.875 bits per heavy atom. The van der Waals surface area contributed by atoms with Gasteiger partial charge in [-0.15, -0.1) is 0 Å². The van der Waals surface area contributed by atoms with Gasteiger partial charge in [0.2, 0.25) is 0 Å². The van der Waals surface area contributed by atoms with Crippen molar-refractivity contribution in [1.29, 1.82) is 0 Å². The zero-order valence-corrected chi connectivity index (χ0v) is 18.7. The predicted octanol–water partition coefficient (Wildman–Crippen LogP) is 3.89. The van der Waals surface area contributed by atoms with Gasteiger partial charge in [-0.3, -0.25) is 4.90 Å². The molecule has 0 bridgehead atoms. The number of nitrogens with zero attached hydrogens (tertiary/aromatic N) is 3. The number of anilines is 1. The number of ether oxygens (including phenoxy) is 1. The average Bonchev–Trinajstić information content (AvgIpc) is 3.19. The van der Waals surface area contributed by atoms with Crippen LogP contribution in [-0.4, -0.2) is 65.7 Å². The molecule has 0 saturated carbocycles. The fourth-order valence-electron chi connectivity index (χ4n) is 5.52. The zero-order chi connectivity index (χ0) is 21.9. The molecule has 170 valence electrons. The number of nitrogens with two attached hydrogens (primary N) is 1. The van der Waals surface area contributed by atoms with E-state index in [1.807, 2.05) is 12.1 Å². The van der Waals surface area contributed by atoms with E-state index in [4.69, 9.17) is 10.5 Å². The van der Waals surface area contributed by atoms with Crippen LogP contribution in [0.1, 0.15) is 42.9 Å². The van der Waals surface area contributed by atoms with Crippen LogP contribution in [0.3, 0.4) is 0 Å². The lowest BCUT2D eigenvalue weighted by Crippen LogP contribution is -2.48. The van der Waals surface area contributed by atoms with Crippen LogP contribution in [0, 0.1) is 0 Å². The average molecular weight is 435 g/mol. The second-order valence-corrected chi connectivity index (χ2v) is 9.36. The van der Waals surface area contributed by atoms with Crippen LogP contribution >= 0.6 is 0 Å². The highest BCUT2D eigenvalue weighted by Crippen LogP contribution is 2.37. The number of hydrogen-bond donors (Lipinski definition) is 1. The summed E-state index contributed by atoms with van der Waals surface area (Å²) in [7, 11) is 0. The van der Waals surface area contributed by atoms with Crippen LogP contribution in [0.25, 0.3) is 0 Å². The van der Waals surface area contributed by atoms with E-state index in [1.165, 1.54) is 11.1 Å². The Hall–Kier alpha value is -2.57. The molecule has 32 heavy (non-hydrogen) atoms. The van der Waals surface area contributed by atoms with Gasteiger partial charge in [0, 0.05) is 57.2 Å². The van der Waals surface area contributed by atoms with Gasteiger partial charge in [-0.2, -0.15) is 0 Å². The molecule has 3 aliphatic heterocycles. The Labute approximate surface area is 190 Å². The molecular weight excluding hydrogens is 400 g/mol. The maximum absolute atomic E-state index is 13.7. The highest BCUT2D eigenvalue weighted by molar-refractivity contribution is 5.78. The molecule has 2 N–H and O–H groups in total. The van der Waals surface area contributed by atoms with Gasteiger partial charge < -0.3 is 20.3 Å². The Bertz CT molecular complexity index is 890. The first-order chi connectivity index (χ1) is 15.7. The summed E-state index contributed by atoms with van der Waals surface area (Å²) in [6.45, 7) is 5.27. The minimum atomic E-state index is 0.139. The van der Waals surface area contributed by atoms with E-state index in [0.717, 1.165) is 70.8 Å². The number of benzene rings is 2. The molecule has 0 aromatic heterocycles. The molecular formula is C26H34N4O2. The number of carbonyl (C=O) groups is 1. The molecule has 3 heterocycles. The van der Waals surface area contributed by atoms with E-state index >= 15 is 0 Å². The number of urea groups is 1. The number of hydrogen-bond acceptors (Lipinski definition) is 4. The van der Waals surface area contributed by atoms with Crippen molar-refractivity contribution in [2.45, 2.75) is 50.4 Å². The quantitative estimate of drug-likeness (QED) is 0.726. The predicted molar refractivity (Wildman–Crippen MR) is 126 cm³/mol. The molecule has 2 aromatic rings. The zero-order valence-electron chi connectivity index (χ0n) is 18.7. The molecule has 1 atom stereocenters. The number of carbonyl (C=O) groups excluding carboxylic acids is 1. The largest absolute Gasteiger partial charge is 0.399 e. The van der Waals surface area contributed by atoms with E-state index in [9.17, 15) is 4.79 Å². The normalized spacial score (nSPS) is 23.8. The summed E-state index contributed by atoms with van der Waals surface area (Å²) < 4.78 is 5.55. The molecule has 0 spiro atoms. The number of rotatable bonds is 5. The van der Waals surface area contributed by atoms with Crippen molar-refractivity contribution in [3.05, 3.63) is 65.7 Å². The Balaban J connectivity index is 1.29. The number of nitrogen functional groups attached to an aromatic ring is 1. The van der Waals surface area contributed by atoms with E-state index < -0.39 is 0 Å². The van der Waals surface area contributed by atoms with Crippen molar-refractivity contribution in [1.82, 2.24) is 14.7 Å². The Kier molecular flexibility index (Phi) is 6.32. The third kappa shape index (κ3) is 4.48. The standard InChI is InChI=1S/C26H34N4O2/c27-22-8-6-20(7-9-22)18-28-14-10-24(11-15-28)30-25(21-4-2-1-3-5-21)19-29(26(30)31)23-12-16-32-17-13-23/h1-9,23-25H,10-19,27H2/t25-/m0/s1. The van der Waals surface area contributed by atoms with Crippen molar-refractivity contribution < 1.29 is 9.53 Å². The molecule has 3 fully saturated rings. The smallest absolute Gasteiger partial charge is 0.321 e. The summed E-state index contributed by atoms with van der Waals surface area (Å²) in [5.74, 6) is 0. The first-order valence-corrected chi connectivity index (χ1v) is 12.0. The number of piperidine rings is 1. The summed E-state index contributed by atoms with van der Waals surface area (Å²) in [6, 6.07) is 19.7. The molecule has 0 unspecified atom stereocenters. The van der Waals surface area contributed by atoms with Gasteiger partial charge in [-0.05, 0) is 48.9 Å². The Morgan fingerprint density at radius 2 is 1.56 bits per heavy atom. The lowest BCUT2D eigenvalue weighted by Gasteiger charge is -2.39. The van der Waals surface area contributed by atoms with E-state index in [0.29, 0.717) is 12.1 Å². The summed E-state index contributed by atoms with van der Waals surface area (Å²) in [5.41, 5.74) is 9.18. The minimum absolute atomic E-state index is 0.139. The van der Waals surface area contributed by atoms with Gasteiger partial charge in [0.1, 0.15) is 0 Å². The molecule has 3 saturated heterocycles. The lowest BCUT2D eigenvalue weighted by atomic mass is 9.98. The SMILES string of the molecule is Nc1ccc(CN2CCC(N3C(=O)N(C4CCOCC4)C[C@H]3c3ccccc3)CC2)cc1. The molecule has 0 radical (unpaired) electrons. The van der Waals surface area contributed by atoms with E-state index in [-0.39, 0.29) is 12.1 Å². The second-order valence-electron chi connectivity index (χ2n) is 9.36. The summed E-state index contributed by atoms with van der Waals surface area (Å²) >= 11 is 0. The fraction of sp³-hybridized carbons (Fsp3) is 0.500. The molecule has 6 heteroatoms. The van der Waals surface area contributed by atoms with Crippen LogP contribution in [0.2, 0.25) is 0 Å². The summed E-state index contributed by atoms with van der Waals surface area (Å²) in [4.78, 5) is 20.5. The molecule has 5 rings (SSSR count). The summed E-state index contributed by atoms with van der Waals surface area (Å²) in [6.07, 6.45) is 3.93. The molecule has 0 aliphatic carbocycles. The van der Waals surface area contributed by atoms with Crippen LogP contribution < -0.4 is 5.73 Å². The third-order valence-corrected chi connectivity index (χ3v) is 7.32. The minimum Gasteiger partial charge on any atom is -0.399 e. The second kappa shape index (κ2) is 9.51. The van der Waals surface area contributed by atoms with Gasteiger partial charge >= 0.3 is 6.03 Å². The van der Waals surface area contributed by atoms with Crippen LogP contribution in [-0.2, 0) is 11.3 Å². The monoisotopic (exact) mass is 434 g/mol.